The largest absolute Gasteiger partial charge is 0.477 e. The van der Waals surface area contributed by atoms with Gasteiger partial charge in [-0.25, -0.2) is 4.79 Å². The third-order valence-electron chi connectivity index (χ3n) is 4.14. The Labute approximate surface area is 154 Å². The van der Waals surface area contributed by atoms with Crippen LogP contribution in [0, 0.1) is 5.92 Å². The first kappa shape index (κ1) is 18.0. The number of carbonyl (C=O) groups is 3. The standard InChI is InChI=1S/C17H20N2O4S2/c1-9(2)6-10-8-25-16-13(15(21)19(16)14(10)17(22)23)18-12(20)7-11-4-3-5-24-11/h3-5,9,13,16H,6-8H2,1-2H3,(H,18,20)(H,22,23)/t13-,16-/m1/s1. The second-order valence-corrected chi connectivity index (χ2v) is 8.70. The van der Waals surface area contributed by atoms with Crippen molar-refractivity contribution < 1.29 is 19.5 Å². The maximum atomic E-state index is 12.5. The van der Waals surface area contributed by atoms with E-state index in [1.807, 2.05) is 31.4 Å². The van der Waals surface area contributed by atoms with Crippen molar-refractivity contribution in [2.24, 2.45) is 5.92 Å². The highest BCUT2D eigenvalue weighted by Gasteiger charge is 2.54. The van der Waals surface area contributed by atoms with Crippen LogP contribution in [0.1, 0.15) is 25.1 Å². The van der Waals surface area contributed by atoms with Crippen LogP contribution < -0.4 is 5.32 Å². The molecule has 2 atom stereocenters. The third kappa shape index (κ3) is 3.59. The maximum Gasteiger partial charge on any atom is 0.352 e. The first-order valence-electron chi connectivity index (χ1n) is 8.10. The zero-order valence-electron chi connectivity index (χ0n) is 14.0. The van der Waals surface area contributed by atoms with E-state index in [1.54, 1.807) is 0 Å². The second kappa shape index (κ2) is 7.21. The SMILES string of the molecule is CC(C)CC1=C(C(=O)O)N2C(=O)[C@@H](NC(=O)Cc3cccs3)[C@H]2SC1. The number of thioether (sulfide) groups is 1. The lowest BCUT2D eigenvalue weighted by Crippen LogP contribution is -2.70. The number of carboxylic acid groups (broad SMARTS) is 1. The van der Waals surface area contributed by atoms with Gasteiger partial charge in [-0.2, -0.15) is 0 Å². The molecule has 2 aliphatic rings. The number of nitrogens with zero attached hydrogens (tertiary/aromatic N) is 1. The van der Waals surface area contributed by atoms with Crippen LogP contribution in [0.3, 0.4) is 0 Å². The van der Waals surface area contributed by atoms with Gasteiger partial charge in [-0.05, 0) is 29.4 Å². The number of thiophene rings is 1. The van der Waals surface area contributed by atoms with Gasteiger partial charge in [0.15, 0.2) is 0 Å². The van der Waals surface area contributed by atoms with Crippen LogP contribution in [0.2, 0.25) is 0 Å². The molecule has 2 N–H and O–H groups in total. The van der Waals surface area contributed by atoms with Crippen molar-refractivity contribution >= 4 is 40.9 Å². The van der Waals surface area contributed by atoms with Crippen LogP contribution in [-0.4, -0.2) is 45.0 Å². The molecular formula is C17H20N2O4S2. The number of hydrogen-bond donors (Lipinski definition) is 2. The minimum atomic E-state index is -1.07. The van der Waals surface area contributed by atoms with Gasteiger partial charge in [-0.1, -0.05) is 19.9 Å². The van der Waals surface area contributed by atoms with Crippen LogP contribution in [-0.2, 0) is 20.8 Å². The number of carbonyl (C=O) groups excluding carboxylic acids is 2. The zero-order valence-corrected chi connectivity index (χ0v) is 15.7. The van der Waals surface area contributed by atoms with Gasteiger partial charge in [-0.15, -0.1) is 23.1 Å². The highest BCUT2D eigenvalue weighted by Crippen LogP contribution is 2.41. The molecule has 2 amide bonds. The summed E-state index contributed by atoms with van der Waals surface area (Å²) in [6.07, 6.45) is 0.888. The molecule has 1 fully saturated rings. The van der Waals surface area contributed by atoms with Gasteiger partial charge in [0.2, 0.25) is 5.91 Å². The molecule has 2 aliphatic heterocycles. The molecule has 6 nitrogen and oxygen atoms in total. The van der Waals surface area contributed by atoms with E-state index in [9.17, 15) is 19.5 Å². The van der Waals surface area contributed by atoms with E-state index < -0.39 is 12.0 Å². The summed E-state index contributed by atoms with van der Waals surface area (Å²) in [5.41, 5.74) is 0.895. The van der Waals surface area contributed by atoms with Gasteiger partial charge in [0.1, 0.15) is 17.1 Å². The average Bonchev–Trinajstić information content (AvgIpc) is 3.04. The molecule has 1 saturated heterocycles. The quantitative estimate of drug-likeness (QED) is 0.738. The van der Waals surface area contributed by atoms with Gasteiger partial charge < -0.3 is 10.4 Å². The van der Waals surface area contributed by atoms with Crippen molar-refractivity contribution in [2.45, 2.75) is 38.1 Å². The van der Waals surface area contributed by atoms with Crippen LogP contribution in [0.15, 0.2) is 28.8 Å². The molecule has 0 bridgehead atoms. The van der Waals surface area contributed by atoms with E-state index in [0.29, 0.717) is 18.1 Å². The second-order valence-electron chi connectivity index (χ2n) is 6.57. The Morgan fingerprint density at radius 1 is 1.44 bits per heavy atom. The molecule has 0 radical (unpaired) electrons. The van der Waals surface area contributed by atoms with Gasteiger partial charge >= 0.3 is 5.97 Å². The lowest BCUT2D eigenvalue weighted by atomic mass is 9.97. The Hall–Kier alpha value is -1.80. The number of fused-ring (bicyclic) bond motifs is 1. The molecule has 25 heavy (non-hydrogen) atoms. The highest BCUT2D eigenvalue weighted by atomic mass is 32.2. The topological polar surface area (TPSA) is 86.7 Å². The summed E-state index contributed by atoms with van der Waals surface area (Å²) < 4.78 is 0. The Kier molecular flexibility index (Phi) is 5.19. The smallest absolute Gasteiger partial charge is 0.352 e. The van der Waals surface area contributed by atoms with Crippen LogP contribution >= 0.6 is 23.1 Å². The van der Waals surface area contributed by atoms with Crippen LogP contribution in [0.5, 0.6) is 0 Å². The van der Waals surface area contributed by atoms with Crippen LogP contribution in [0.25, 0.3) is 0 Å². The van der Waals surface area contributed by atoms with E-state index >= 15 is 0 Å². The molecule has 3 heterocycles. The number of nitrogens with one attached hydrogen (secondary N) is 1. The maximum absolute atomic E-state index is 12.5. The highest BCUT2D eigenvalue weighted by molar-refractivity contribution is 8.00. The molecule has 134 valence electrons. The molecule has 0 aromatic carbocycles. The van der Waals surface area contributed by atoms with Gasteiger partial charge in [0.25, 0.3) is 5.91 Å². The molecule has 0 aliphatic carbocycles. The number of carboxylic acids is 1. The summed E-state index contributed by atoms with van der Waals surface area (Å²) in [5.74, 6) is -0.729. The summed E-state index contributed by atoms with van der Waals surface area (Å²) >= 11 is 3.01. The Morgan fingerprint density at radius 2 is 2.20 bits per heavy atom. The molecule has 0 spiro atoms. The molecule has 8 heteroatoms. The Balaban J connectivity index is 1.71. The van der Waals surface area contributed by atoms with E-state index in [0.717, 1.165) is 10.5 Å². The normalized spacial score (nSPS) is 22.7. The summed E-state index contributed by atoms with van der Waals surface area (Å²) in [5, 5.41) is 13.9. The predicted molar refractivity (Wildman–Crippen MR) is 97.2 cm³/mol. The Bertz CT molecular complexity index is 727. The number of rotatable bonds is 6. The van der Waals surface area contributed by atoms with E-state index in [1.165, 1.54) is 28.0 Å². The fourth-order valence-electron chi connectivity index (χ4n) is 3.13. The van der Waals surface area contributed by atoms with Gasteiger partial charge in [0, 0.05) is 10.6 Å². The Morgan fingerprint density at radius 3 is 2.80 bits per heavy atom. The minimum Gasteiger partial charge on any atom is -0.477 e. The van der Waals surface area contributed by atoms with E-state index in [2.05, 4.69) is 5.32 Å². The first-order chi connectivity index (χ1) is 11.9. The summed E-state index contributed by atoms with van der Waals surface area (Å²) in [7, 11) is 0. The summed E-state index contributed by atoms with van der Waals surface area (Å²) in [6, 6.07) is 3.10. The lowest BCUT2D eigenvalue weighted by Gasteiger charge is -2.49. The first-order valence-corrected chi connectivity index (χ1v) is 10.0. The van der Waals surface area contributed by atoms with Crippen LogP contribution in [0.4, 0.5) is 0 Å². The molecule has 0 saturated carbocycles. The minimum absolute atomic E-state index is 0.103. The number of aliphatic carboxylic acids is 1. The summed E-state index contributed by atoms with van der Waals surface area (Å²) in [4.78, 5) is 38.6. The number of β-lactam (4-membered cyclic amide) rings is 1. The summed E-state index contributed by atoms with van der Waals surface area (Å²) in [6.45, 7) is 4.05. The molecule has 3 rings (SSSR count). The molecule has 0 unspecified atom stereocenters. The fourth-order valence-corrected chi connectivity index (χ4v) is 5.19. The molecule has 1 aromatic heterocycles. The van der Waals surface area contributed by atoms with Crippen molar-refractivity contribution in [3.05, 3.63) is 33.7 Å². The average molecular weight is 380 g/mol. The van der Waals surface area contributed by atoms with Crippen molar-refractivity contribution in [2.75, 3.05) is 5.75 Å². The third-order valence-corrected chi connectivity index (χ3v) is 6.35. The van der Waals surface area contributed by atoms with Crippen molar-refractivity contribution in [3.8, 4) is 0 Å². The lowest BCUT2D eigenvalue weighted by molar-refractivity contribution is -0.150. The molecular weight excluding hydrogens is 360 g/mol. The number of hydrogen-bond acceptors (Lipinski definition) is 5. The molecule has 1 aromatic rings. The zero-order chi connectivity index (χ0) is 18.1. The fraction of sp³-hybridized carbons (Fsp3) is 0.471. The van der Waals surface area contributed by atoms with E-state index in [4.69, 9.17) is 0 Å². The number of amides is 2. The van der Waals surface area contributed by atoms with Crippen molar-refractivity contribution in [1.29, 1.82) is 0 Å². The monoisotopic (exact) mass is 380 g/mol. The van der Waals surface area contributed by atoms with Gasteiger partial charge in [0.05, 0.1) is 6.42 Å². The van der Waals surface area contributed by atoms with E-state index in [-0.39, 0.29) is 29.3 Å². The van der Waals surface area contributed by atoms with Crippen molar-refractivity contribution in [1.82, 2.24) is 10.2 Å². The van der Waals surface area contributed by atoms with Crippen molar-refractivity contribution in [3.63, 3.8) is 0 Å². The predicted octanol–water partition coefficient (Wildman–Crippen LogP) is 2.08. The van der Waals surface area contributed by atoms with Gasteiger partial charge in [-0.3, -0.25) is 14.5 Å².